The number of nitrogens with zero attached hydrogens (tertiary/aromatic N) is 9. The van der Waals surface area contributed by atoms with Crippen LogP contribution in [0.1, 0.15) is 190 Å². The Balaban J connectivity index is 1.32. The van der Waals surface area contributed by atoms with E-state index in [1.165, 1.54) is 76.0 Å². The van der Waals surface area contributed by atoms with Crippen LogP contribution in [0.25, 0.3) is 0 Å². The lowest BCUT2D eigenvalue weighted by molar-refractivity contribution is -0.184. The van der Waals surface area contributed by atoms with E-state index in [0.29, 0.717) is 32.1 Å². The lowest BCUT2D eigenvalue weighted by Crippen LogP contribution is -2.71. The summed E-state index contributed by atoms with van der Waals surface area (Å²) in [5, 5.41) is 7.44. The average Bonchev–Trinajstić information content (AvgIpc) is 1.60. The highest BCUT2D eigenvalue weighted by Gasteiger charge is 2.61. The van der Waals surface area contributed by atoms with E-state index in [1.807, 2.05) is 20.8 Å². The Morgan fingerprint density at radius 1 is 0.642 bits per heavy atom. The molecule has 0 radical (unpaired) electrons. The van der Waals surface area contributed by atoms with Gasteiger partial charge in [-0.2, -0.15) is 26.3 Å². The van der Waals surface area contributed by atoms with E-state index in [0.717, 1.165) is 24.5 Å². The third kappa shape index (κ3) is 20.4. The van der Waals surface area contributed by atoms with Crippen LogP contribution in [0, 0.1) is 46.3 Å². The topological polar surface area (TPSA) is 270 Å². The molecule has 6 fully saturated rings. The highest BCUT2D eigenvalue weighted by Crippen LogP contribution is 2.56. The number of hydrogen-bond donors (Lipinski definition) is 3. The minimum absolute atomic E-state index is 0.0425. The third-order valence-electron chi connectivity index (χ3n) is 24.3. The number of alkyl halides is 7. The van der Waals surface area contributed by atoms with Crippen LogP contribution in [0.3, 0.4) is 0 Å². The Kier molecular flexibility index (Phi) is 28.8. The second-order valence-corrected chi connectivity index (χ2v) is 33.7. The fourth-order valence-electron chi connectivity index (χ4n) is 17.2. The monoisotopic (exact) mass is 1530 g/mol. The van der Waals surface area contributed by atoms with Crippen LogP contribution in [0.15, 0.2) is 12.2 Å². The number of carbonyl (C=O) groups excluding carboxylic acids is 12. The average molecular weight is 1530 g/mol. The van der Waals surface area contributed by atoms with Crippen LogP contribution in [0.2, 0.25) is 0 Å². The second-order valence-electron chi connectivity index (χ2n) is 33.1. The van der Waals surface area contributed by atoms with E-state index in [9.17, 15) is 55.1 Å². The summed E-state index contributed by atoms with van der Waals surface area (Å²) in [5.41, 5.74) is -2.74. The molecular weight excluding hydrogens is 1410 g/mol. The smallest absolute Gasteiger partial charge is 0.347 e. The first-order valence-corrected chi connectivity index (χ1v) is 38.5. The van der Waals surface area contributed by atoms with Gasteiger partial charge in [-0.05, 0) is 150 Å². The number of rotatable bonds is 12. The van der Waals surface area contributed by atoms with Crippen molar-refractivity contribution in [2.75, 3.05) is 82.6 Å². The molecule has 31 heteroatoms. The number of fused-ring (bicyclic) bond motifs is 3. The molecule has 598 valence electrons. The molecule has 2 bridgehead atoms. The molecule has 0 aromatic rings. The van der Waals surface area contributed by atoms with Gasteiger partial charge in [0.15, 0.2) is 0 Å². The maximum Gasteiger partial charge on any atom is 0.393 e. The summed E-state index contributed by atoms with van der Waals surface area (Å²) in [6, 6.07) is -10.7. The maximum absolute atomic E-state index is 15.6. The number of amides is 12. The van der Waals surface area contributed by atoms with Crippen LogP contribution < -0.4 is 16.0 Å². The molecule has 4 saturated carbocycles. The van der Waals surface area contributed by atoms with Gasteiger partial charge < -0.3 is 60.0 Å². The Morgan fingerprint density at radius 3 is 1.81 bits per heavy atom. The molecule has 7 aliphatic rings. The molecule has 13 atom stereocenters. The van der Waals surface area contributed by atoms with Crippen molar-refractivity contribution in [1.82, 2.24) is 60.0 Å². The summed E-state index contributed by atoms with van der Waals surface area (Å²) in [6.07, 6.45) is -4.24. The van der Waals surface area contributed by atoms with Crippen molar-refractivity contribution >= 4 is 82.5 Å². The van der Waals surface area contributed by atoms with Crippen LogP contribution in [-0.2, 0) is 57.5 Å². The number of nitrogens with one attached hydrogen (secondary N) is 3. The van der Waals surface area contributed by atoms with Gasteiger partial charge in [0.1, 0.15) is 53.9 Å². The molecule has 106 heavy (non-hydrogen) atoms. The van der Waals surface area contributed by atoms with Crippen molar-refractivity contribution < 1.29 is 83.9 Å². The quantitative estimate of drug-likeness (QED) is 0.0987. The van der Waals surface area contributed by atoms with E-state index < -0.39 is 208 Å². The Hall–Kier alpha value is -6.75. The first-order valence-electron chi connectivity index (χ1n) is 38.1. The van der Waals surface area contributed by atoms with Crippen LogP contribution in [0.4, 0.5) is 26.3 Å². The molecule has 2 saturated heterocycles. The highest BCUT2D eigenvalue weighted by atomic mass is 35.5. The summed E-state index contributed by atoms with van der Waals surface area (Å²) < 4.78 is 84.8. The van der Waals surface area contributed by atoms with Crippen molar-refractivity contribution in [2.45, 2.75) is 261 Å². The minimum atomic E-state index is -4.56. The lowest BCUT2D eigenvalue weighted by Gasteiger charge is -2.54. The third-order valence-corrected chi connectivity index (χ3v) is 24.8. The minimum Gasteiger partial charge on any atom is -0.347 e. The van der Waals surface area contributed by atoms with Crippen molar-refractivity contribution in [3.8, 4) is 0 Å². The molecule has 12 amide bonds. The zero-order chi connectivity index (χ0) is 79.2. The van der Waals surface area contributed by atoms with Gasteiger partial charge in [0, 0.05) is 74.8 Å². The predicted octanol–water partition coefficient (Wildman–Crippen LogP) is 7.29. The Morgan fingerprint density at radius 2 is 1.25 bits per heavy atom. The zero-order valence-electron chi connectivity index (χ0n) is 64.8. The zero-order valence-corrected chi connectivity index (χ0v) is 65.5. The number of carbonyl (C=O) groups is 12. The van der Waals surface area contributed by atoms with E-state index in [2.05, 4.69) is 16.0 Å². The normalized spacial score (nSPS) is 31.7. The molecule has 4 aliphatic carbocycles. The number of halogens is 7. The summed E-state index contributed by atoms with van der Waals surface area (Å²) >= 11 is 6.44. The van der Waals surface area contributed by atoms with E-state index in [4.69, 9.17) is 11.6 Å². The fraction of sp³-hybridized carbons (Fsp3) is 0.813. The molecule has 3 N–H and O–H groups in total. The first-order chi connectivity index (χ1) is 49.4. The van der Waals surface area contributed by atoms with Gasteiger partial charge in [-0.3, -0.25) is 57.5 Å². The van der Waals surface area contributed by atoms with Crippen LogP contribution >= 0.6 is 11.6 Å². The Bertz CT molecular complexity index is 3250. The van der Waals surface area contributed by atoms with Gasteiger partial charge in [-0.1, -0.05) is 79.9 Å². The Labute approximate surface area is 626 Å². The van der Waals surface area contributed by atoms with Gasteiger partial charge in [0.2, 0.25) is 70.9 Å². The fourth-order valence-corrected chi connectivity index (χ4v) is 17.8. The van der Waals surface area contributed by atoms with E-state index >= 15 is 28.8 Å². The van der Waals surface area contributed by atoms with E-state index in [-0.39, 0.29) is 116 Å². The summed E-state index contributed by atoms with van der Waals surface area (Å²) in [6.45, 7) is 11.2. The van der Waals surface area contributed by atoms with Gasteiger partial charge in [0.25, 0.3) is 0 Å². The largest absolute Gasteiger partial charge is 0.393 e. The molecule has 3 heterocycles. The second kappa shape index (κ2) is 35.3. The number of likely N-dealkylation sites (N-methyl/N-ethyl adjacent to an activating group) is 7. The van der Waals surface area contributed by atoms with Crippen molar-refractivity contribution in [2.24, 2.45) is 46.3 Å². The van der Waals surface area contributed by atoms with Crippen LogP contribution in [-0.4, -0.2) is 269 Å². The maximum atomic E-state index is 15.6. The molecule has 2 spiro atoms. The standard InChI is InChI=1S/C75H117ClF6N12O12/c1-16-22-52-62(98)84-60(44(4)17-2)68(104)88(11)40-59(97)90(13)53-23-20-19-21-34-93(67(53)103)55(36-47-24-28-48(29-25-47)74(77,78)79)66(102)87(10)39-57(95)83-51(31-27-46-26-30-49(50(76)35-46)75(80,81)82)64(100)94-43-72(32-33-72)38-56(94)63(99)85-73(41-71(6,7)42-73)70(106)92(15)61(45(5)18-3)69(105)91(14)54(65(101)86(8)9)37-58(96)89(52)12/h19-20,44-56,60-61H,16-18,21-43H2,1-15H3,(H,83,95)(H,84,98)(H,85,99)/b20-19-/t44-,45-,46?,47?,48?,49?,50?,51-,52-,53-,54-,55-,56-,60-,61-/m0/s1. The van der Waals surface area contributed by atoms with Crippen molar-refractivity contribution in [3.63, 3.8) is 0 Å². The van der Waals surface area contributed by atoms with Crippen LogP contribution in [0.5, 0.6) is 0 Å². The molecule has 3 unspecified atom stereocenters. The predicted molar refractivity (Wildman–Crippen MR) is 384 cm³/mol. The molecule has 0 aromatic carbocycles. The van der Waals surface area contributed by atoms with Gasteiger partial charge in [0.05, 0.1) is 31.3 Å². The molecular formula is C75H117ClF6N12O12. The summed E-state index contributed by atoms with van der Waals surface area (Å²) in [5.74, 6) is -14.2. The van der Waals surface area contributed by atoms with Crippen molar-refractivity contribution in [3.05, 3.63) is 12.2 Å². The SMILES string of the molecule is CCC[C@H]1C(=O)N[C@@H]([C@@H](C)CC)C(=O)N(C)CC(=O)N(C)[C@H]2C/C=C\CCN(C2=O)[C@@H](CC2CCC(C(F)(F)F)CC2)C(=O)N(C)CC(=O)N[C@@H](CCC2CCC(C(F)(F)F)C(Cl)C2)C(=O)N2CC3(CC3)C[C@H]2C(=O)NC2(CC(C)(C)C2)C(=O)N(C)[C@@H]([C@@H](C)CC)C(=O)N(C)[C@H](C(=O)N(C)C)CC(=O)N1C. The molecule has 7 rings (SSSR count). The lowest BCUT2D eigenvalue weighted by atomic mass is 9.58. The van der Waals surface area contributed by atoms with Gasteiger partial charge in [-0.25, -0.2) is 0 Å². The summed E-state index contributed by atoms with van der Waals surface area (Å²) in [7, 11) is 11.1. The van der Waals surface area contributed by atoms with Crippen molar-refractivity contribution in [1.29, 1.82) is 0 Å². The summed E-state index contributed by atoms with van der Waals surface area (Å²) in [4.78, 5) is 192. The van der Waals surface area contributed by atoms with Gasteiger partial charge in [-0.15, -0.1) is 11.6 Å². The number of hydrogen-bond acceptors (Lipinski definition) is 12. The first kappa shape index (κ1) is 86.5. The molecule has 24 nitrogen and oxygen atoms in total. The molecule has 3 aliphatic heterocycles. The highest BCUT2D eigenvalue weighted by molar-refractivity contribution is 6.21. The van der Waals surface area contributed by atoms with Gasteiger partial charge >= 0.3 is 12.4 Å². The van der Waals surface area contributed by atoms with E-state index in [1.54, 1.807) is 39.8 Å². The molecule has 0 aromatic heterocycles.